The zero-order valence-electron chi connectivity index (χ0n) is 11.4. The first-order chi connectivity index (χ1) is 9.43. The Morgan fingerprint density at radius 3 is 2.85 bits per heavy atom. The summed E-state index contributed by atoms with van der Waals surface area (Å²) in [4.78, 5) is 12.3. The van der Waals surface area contributed by atoms with Crippen LogP contribution in [-0.4, -0.2) is 20.9 Å². The maximum atomic E-state index is 11.1. The molecule has 108 valence electrons. The van der Waals surface area contributed by atoms with Crippen molar-refractivity contribution in [1.82, 2.24) is 9.78 Å². The van der Waals surface area contributed by atoms with Crippen LogP contribution in [0, 0.1) is 13.8 Å². The summed E-state index contributed by atoms with van der Waals surface area (Å²) in [6.07, 6.45) is 0. The van der Waals surface area contributed by atoms with Crippen molar-refractivity contribution in [2.45, 2.75) is 33.9 Å². The van der Waals surface area contributed by atoms with Crippen molar-refractivity contribution in [3.63, 3.8) is 0 Å². The smallest absolute Gasteiger partial charge is 0.349 e. The number of hydrogen-bond acceptors (Lipinski definition) is 4. The van der Waals surface area contributed by atoms with Crippen LogP contribution in [0.1, 0.15) is 32.9 Å². The summed E-state index contributed by atoms with van der Waals surface area (Å²) in [5.74, 6) is -0.550. The highest BCUT2D eigenvalue weighted by molar-refractivity contribution is 9.10. The quantitative estimate of drug-likeness (QED) is 0.886. The van der Waals surface area contributed by atoms with Crippen LogP contribution in [0.2, 0.25) is 0 Å². The van der Waals surface area contributed by atoms with Crippen LogP contribution in [0.4, 0.5) is 0 Å². The summed E-state index contributed by atoms with van der Waals surface area (Å²) in [5.41, 5.74) is 1.80. The molecule has 2 heterocycles. The second-order valence-electron chi connectivity index (χ2n) is 4.31. The maximum absolute atomic E-state index is 11.1. The number of carbonyl (C=O) groups is 1. The molecule has 0 fully saturated rings. The van der Waals surface area contributed by atoms with Crippen molar-refractivity contribution >= 4 is 33.2 Å². The van der Waals surface area contributed by atoms with Gasteiger partial charge in [-0.25, -0.2) is 4.79 Å². The minimum Gasteiger partial charge on any atom is -0.485 e. The molecule has 0 radical (unpaired) electrons. The monoisotopic (exact) mass is 358 g/mol. The highest BCUT2D eigenvalue weighted by Crippen LogP contribution is 2.30. The minimum absolute atomic E-state index is 0.234. The van der Waals surface area contributed by atoms with Crippen molar-refractivity contribution < 1.29 is 14.6 Å². The average molecular weight is 359 g/mol. The van der Waals surface area contributed by atoms with Gasteiger partial charge in [-0.2, -0.15) is 5.10 Å². The summed E-state index contributed by atoms with van der Waals surface area (Å²) in [6.45, 7) is 6.79. The molecule has 2 aromatic heterocycles. The van der Waals surface area contributed by atoms with Crippen LogP contribution in [0.25, 0.3) is 0 Å². The van der Waals surface area contributed by atoms with Crippen molar-refractivity contribution in [3.05, 3.63) is 31.7 Å². The third kappa shape index (κ3) is 2.88. The number of aromatic carboxylic acids is 1. The van der Waals surface area contributed by atoms with Crippen molar-refractivity contribution in [3.8, 4) is 5.75 Å². The zero-order chi connectivity index (χ0) is 14.9. The summed E-state index contributed by atoms with van der Waals surface area (Å²) in [6, 6.07) is 1.75. The van der Waals surface area contributed by atoms with Gasteiger partial charge in [-0.3, -0.25) is 4.68 Å². The molecule has 0 unspecified atom stereocenters. The van der Waals surface area contributed by atoms with Crippen molar-refractivity contribution in [1.29, 1.82) is 0 Å². The van der Waals surface area contributed by atoms with E-state index in [-0.39, 0.29) is 11.5 Å². The molecule has 0 amide bonds. The Kier molecular flexibility index (Phi) is 4.49. The molecule has 0 atom stereocenters. The lowest BCUT2D eigenvalue weighted by atomic mass is 10.3. The molecule has 0 aliphatic heterocycles. The number of rotatable bonds is 5. The Bertz CT molecular complexity index is 648. The van der Waals surface area contributed by atoms with Gasteiger partial charge in [-0.1, -0.05) is 0 Å². The van der Waals surface area contributed by atoms with E-state index in [1.807, 2.05) is 25.5 Å². The van der Waals surface area contributed by atoms with Gasteiger partial charge in [0.25, 0.3) is 0 Å². The minimum atomic E-state index is -0.961. The van der Waals surface area contributed by atoms with Gasteiger partial charge >= 0.3 is 5.97 Å². The molecule has 2 rings (SSSR count). The number of thiophene rings is 1. The average Bonchev–Trinajstić information content (AvgIpc) is 2.89. The lowest BCUT2D eigenvalue weighted by Crippen LogP contribution is -2.07. The SMILES string of the molecule is CCn1nc(C)c(Br)c1COc1cc(C)sc1C(=O)O. The molecule has 0 aliphatic carbocycles. The number of hydrogen-bond donors (Lipinski definition) is 1. The van der Waals surface area contributed by atoms with E-state index in [1.165, 1.54) is 11.3 Å². The number of carboxylic acids is 1. The second kappa shape index (κ2) is 5.97. The molecule has 0 spiro atoms. The van der Waals surface area contributed by atoms with Crippen LogP contribution in [0.15, 0.2) is 10.5 Å². The van der Waals surface area contributed by atoms with E-state index in [1.54, 1.807) is 6.07 Å². The molecule has 0 bridgehead atoms. The van der Waals surface area contributed by atoms with Crippen LogP contribution >= 0.6 is 27.3 Å². The molecule has 0 aromatic carbocycles. The fourth-order valence-corrected chi connectivity index (χ4v) is 3.09. The Hall–Kier alpha value is -1.34. The van der Waals surface area contributed by atoms with E-state index in [2.05, 4.69) is 21.0 Å². The molecule has 1 N–H and O–H groups in total. The molecule has 5 nitrogen and oxygen atoms in total. The standard InChI is InChI=1S/C13H15BrN2O3S/c1-4-16-9(11(14)8(3)15-16)6-19-10-5-7(2)20-12(10)13(17)18/h5H,4,6H2,1-3H3,(H,17,18). The van der Waals surface area contributed by atoms with E-state index in [4.69, 9.17) is 9.84 Å². The Labute approximate surface area is 129 Å². The van der Waals surface area contributed by atoms with Gasteiger partial charge in [0.1, 0.15) is 12.4 Å². The summed E-state index contributed by atoms with van der Waals surface area (Å²) < 4.78 is 8.43. The predicted molar refractivity (Wildman–Crippen MR) is 80.7 cm³/mol. The number of aryl methyl sites for hydroxylation is 3. The zero-order valence-corrected chi connectivity index (χ0v) is 13.8. The van der Waals surface area contributed by atoms with Gasteiger partial charge in [0.05, 0.1) is 15.9 Å². The number of aromatic nitrogens is 2. The molecular weight excluding hydrogens is 344 g/mol. The Balaban J connectivity index is 2.23. The number of nitrogens with zero attached hydrogens (tertiary/aromatic N) is 2. The highest BCUT2D eigenvalue weighted by atomic mass is 79.9. The molecule has 0 saturated heterocycles. The van der Waals surface area contributed by atoms with Crippen molar-refractivity contribution in [2.75, 3.05) is 0 Å². The van der Waals surface area contributed by atoms with Gasteiger partial charge in [0.2, 0.25) is 0 Å². The Morgan fingerprint density at radius 1 is 1.55 bits per heavy atom. The molecule has 2 aromatic rings. The van der Waals surface area contributed by atoms with Crippen molar-refractivity contribution in [2.24, 2.45) is 0 Å². The molecule has 20 heavy (non-hydrogen) atoms. The first kappa shape index (κ1) is 15.1. The largest absolute Gasteiger partial charge is 0.485 e. The maximum Gasteiger partial charge on any atom is 0.349 e. The van der Waals surface area contributed by atoms with Crippen LogP contribution in [0.3, 0.4) is 0 Å². The van der Waals surface area contributed by atoms with Gasteiger partial charge in [0, 0.05) is 11.4 Å². The lowest BCUT2D eigenvalue weighted by molar-refractivity contribution is 0.0697. The van der Waals surface area contributed by atoms with Gasteiger partial charge in [0.15, 0.2) is 4.88 Å². The summed E-state index contributed by atoms with van der Waals surface area (Å²) in [5, 5.41) is 13.5. The summed E-state index contributed by atoms with van der Waals surface area (Å²) in [7, 11) is 0. The molecule has 7 heteroatoms. The first-order valence-electron chi connectivity index (χ1n) is 6.12. The second-order valence-corrected chi connectivity index (χ2v) is 6.36. The fourth-order valence-electron chi connectivity index (χ4n) is 1.90. The topological polar surface area (TPSA) is 64.4 Å². The highest BCUT2D eigenvalue weighted by Gasteiger charge is 2.18. The van der Waals surface area contributed by atoms with Gasteiger partial charge in [-0.05, 0) is 42.8 Å². The van der Waals surface area contributed by atoms with E-state index >= 15 is 0 Å². The third-order valence-electron chi connectivity index (χ3n) is 2.83. The summed E-state index contributed by atoms with van der Waals surface area (Å²) >= 11 is 4.71. The fraction of sp³-hybridized carbons (Fsp3) is 0.385. The van der Waals surface area contributed by atoms with E-state index in [0.29, 0.717) is 5.75 Å². The van der Waals surface area contributed by atoms with E-state index in [0.717, 1.165) is 27.3 Å². The molecule has 0 aliphatic rings. The van der Waals surface area contributed by atoms with Crippen LogP contribution in [-0.2, 0) is 13.2 Å². The third-order valence-corrected chi connectivity index (χ3v) is 4.88. The van der Waals surface area contributed by atoms with Gasteiger partial charge in [-0.15, -0.1) is 11.3 Å². The molecular formula is C13H15BrN2O3S. The first-order valence-corrected chi connectivity index (χ1v) is 7.73. The van der Waals surface area contributed by atoms with Gasteiger partial charge < -0.3 is 9.84 Å². The van der Waals surface area contributed by atoms with E-state index < -0.39 is 5.97 Å². The predicted octanol–water partition coefficient (Wildman–Crippen LogP) is 3.62. The number of ether oxygens (including phenoxy) is 1. The lowest BCUT2D eigenvalue weighted by Gasteiger charge is -2.08. The number of carboxylic acid groups (broad SMARTS) is 1. The number of halogens is 1. The van der Waals surface area contributed by atoms with Crippen LogP contribution in [0.5, 0.6) is 5.75 Å². The Morgan fingerprint density at radius 2 is 2.25 bits per heavy atom. The molecule has 0 saturated carbocycles. The normalized spacial score (nSPS) is 10.8. The van der Waals surface area contributed by atoms with E-state index in [9.17, 15) is 4.79 Å². The van der Waals surface area contributed by atoms with Crippen LogP contribution < -0.4 is 4.74 Å².